The van der Waals surface area contributed by atoms with Gasteiger partial charge in [0.25, 0.3) is 0 Å². The van der Waals surface area contributed by atoms with Crippen molar-refractivity contribution < 1.29 is 9.47 Å². The van der Waals surface area contributed by atoms with Gasteiger partial charge in [-0.1, -0.05) is 0 Å². The second-order valence-corrected chi connectivity index (χ2v) is 7.38. The van der Waals surface area contributed by atoms with E-state index in [0.717, 1.165) is 22.1 Å². The van der Waals surface area contributed by atoms with Gasteiger partial charge in [0.15, 0.2) is 11.5 Å². The van der Waals surface area contributed by atoms with Gasteiger partial charge < -0.3 is 14.4 Å². The van der Waals surface area contributed by atoms with E-state index < -0.39 is 0 Å². The van der Waals surface area contributed by atoms with E-state index in [1.165, 1.54) is 0 Å². The van der Waals surface area contributed by atoms with Crippen molar-refractivity contribution in [3.05, 3.63) is 64.6 Å². The zero-order chi connectivity index (χ0) is 19.9. The fourth-order valence-electron chi connectivity index (χ4n) is 2.80. The van der Waals surface area contributed by atoms with Crippen molar-refractivity contribution in [3.8, 4) is 17.6 Å². The highest BCUT2D eigenvalue weighted by atomic mass is 32.1. The molecule has 6 heteroatoms. The molecule has 0 radical (unpaired) electrons. The Kier molecular flexibility index (Phi) is 6.51. The van der Waals surface area contributed by atoms with Crippen molar-refractivity contribution in [1.29, 1.82) is 5.26 Å². The van der Waals surface area contributed by atoms with E-state index >= 15 is 0 Å². The third-order valence-corrected chi connectivity index (χ3v) is 4.75. The molecule has 0 unspecified atom stereocenters. The monoisotopic (exact) mass is 393 g/mol. The Hall–Kier alpha value is -3.04. The Morgan fingerprint density at radius 2 is 1.86 bits per heavy atom. The van der Waals surface area contributed by atoms with Gasteiger partial charge in [-0.05, 0) is 57.2 Å². The number of ether oxygens (including phenoxy) is 2. The van der Waals surface area contributed by atoms with Crippen LogP contribution < -0.4 is 14.4 Å². The highest BCUT2D eigenvalue weighted by Gasteiger charge is 2.16. The Balaban J connectivity index is 2.00. The van der Waals surface area contributed by atoms with Crippen LogP contribution in [-0.2, 0) is 6.54 Å². The number of nitrogens with zero attached hydrogens (tertiary/aromatic N) is 3. The summed E-state index contributed by atoms with van der Waals surface area (Å²) in [6, 6.07) is 15.7. The predicted octanol–water partition coefficient (Wildman–Crippen LogP) is 5.54. The van der Waals surface area contributed by atoms with Gasteiger partial charge in [0.2, 0.25) is 0 Å². The summed E-state index contributed by atoms with van der Waals surface area (Å²) in [5.41, 5.74) is 2.59. The summed E-state index contributed by atoms with van der Waals surface area (Å²) in [6.07, 6.45) is 1.87. The van der Waals surface area contributed by atoms with E-state index in [1.807, 2.05) is 74.8 Å². The summed E-state index contributed by atoms with van der Waals surface area (Å²) >= 11 is 1.61. The van der Waals surface area contributed by atoms with Gasteiger partial charge in [0, 0.05) is 29.0 Å². The van der Waals surface area contributed by atoms with Crippen LogP contribution >= 0.6 is 11.3 Å². The average Bonchev–Trinajstić information content (AvgIpc) is 3.21. The number of hydrogen-bond acceptors (Lipinski definition) is 6. The number of hydrogen-bond donors (Lipinski definition) is 0. The maximum Gasteiger partial charge on any atom is 0.163 e. The molecule has 0 aliphatic carbocycles. The van der Waals surface area contributed by atoms with Gasteiger partial charge in [-0.2, -0.15) is 5.26 Å². The molecule has 144 valence electrons. The van der Waals surface area contributed by atoms with Crippen molar-refractivity contribution in [1.82, 2.24) is 4.98 Å². The molecular weight excluding hydrogens is 370 g/mol. The van der Waals surface area contributed by atoms with E-state index in [-0.39, 0.29) is 6.10 Å². The topological polar surface area (TPSA) is 58.4 Å². The third kappa shape index (κ3) is 4.81. The lowest BCUT2D eigenvalue weighted by molar-refractivity contribution is 0.224. The molecule has 0 fully saturated rings. The van der Waals surface area contributed by atoms with Crippen molar-refractivity contribution in [2.45, 2.75) is 33.4 Å². The smallest absolute Gasteiger partial charge is 0.163 e. The molecule has 0 saturated carbocycles. The lowest BCUT2D eigenvalue weighted by Crippen LogP contribution is -2.17. The molecule has 0 spiro atoms. The number of benzene rings is 2. The molecule has 3 rings (SSSR count). The molecule has 3 aromatic rings. The van der Waals surface area contributed by atoms with Crippen molar-refractivity contribution >= 4 is 22.7 Å². The highest BCUT2D eigenvalue weighted by molar-refractivity contribution is 7.09. The summed E-state index contributed by atoms with van der Waals surface area (Å²) in [4.78, 5) is 6.58. The molecule has 0 amide bonds. The molecule has 0 saturated heterocycles. The zero-order valence-corrected chi connectivity index (χ0v) is 17.1. The Bertz CT molecular complexity index is 931. The fourth-order valence-corrected chi connectivity index (χ4v) is 3.40. The number of anilines is 2. The number of thiazole rings is 1. The zero-order valence-electron chi connectivity index (χ0n) is 16.3. The molecule has 1 heterocycles. The first-order valence-corrected chi connectivity index (χ1v) is 10.1. The van der Waals surface area contributed by atoms with Gasteiger partial charge in [-0.25, -0.2) is 4.98 Å². The maximum atomic E-state index is 9.09. The number of aromatic nitrogens is 1. The van der Waals surface area contributed by atoms with E-state index in [9.17, 15) is 0 Å². The Morgan fingerprint density at radius 3 is 2.46 bits per heavy atom. The van der Waals surface area contributed by atoms with Crippen LogP contribution in [0.5, 0.6) is 11.5 Å². The Morgan fingerprint density at radius 1 is 1.11 bits per heavy atom. The minimum Gasteiger partial charge on any atom is -0.490 e. The first-order chi connectivity index (χ1) is 13.6. The molecule has 28 heavy (non-hydrogen) atoms. The SMILES string of the molecule is CCOc1cc(N(Cc2nccs2)c2ccc(C#N)cc2)ccc1OC(C)C. The quantitative estimate of drug-likeness (QED) is 0.503. The van der Waals surface area contributed by atoms with Gasteiger partial charge in [-0.15, -0.1) is 11.3 Å². The lowest BCUT2D eigenvalue weighted by Gasteiger charge is -2.25. The maximum absolute atomic E-state index is 9.09. The van der Waals surface area contributed by atoms with Crippen LogP contribution in [0.1, 0.15) is 31.3 Å². The molecule has 0 bridgehead atoms. The van der Waals surface area contributed by atoms with E-state index in [0.29, 0.717) is 24.5 Å². The summed E-state index contributed by atoms with van der Waals surface area (Å²) in [5, 5.41) is 12.1. The second kappa shape index (κ2) is 9.25. The first kappa shape index (κ1) is 19.7. The second-order valence-electron chi connectivity index (χ2n) is 6.40. The minimum atomic E-state index is 0.0648. The lowest BCUT2D eigenvalue weighted by atomic mass is 10.2. The number of rotatable bonds is 8. The fraction of sp³-hybridized carbons (Fsp3) is 0.273. The van der Waals surface area contributed by atoms with Crippen LogP contribution in [0.25, 0.3) is 0 Å². The van der Waals surface area contributed by atoms with E-state index in [4.69, 9.17) is 14.7 Å². The molecule has 1 aromatic heterocycles. The summed E-state index contributed by atoms with van der Waals surface area (Å²) < 4.78 is 11.7. The summed E-state index contributed by atoms with van der Waals surface area (Å²) in [6.45, 7) is 7.13. The normalized spacial score (nSPS) is 10.5. The van der Waals surface area contributed by atoms with Crippen LogP contribution in [0, 0.1) is 11.3 Å². The molecule has 5 nitrogen and oxygen atoms in total. The van der Waals surface area contributed by atoms with Crippen LogP contribution in [-0.4, -0.2) is 17.7 Å². The van der Waals surface area contributed by atoms with Crippen LogP contribution in [0.4, 0.5) is 11.4 Å². The Labute approximate surface area is 169 Å². The average molecular weight is 394 g/mol. The molecule has 0 aliphatic heterocycles. The first-order valence-electron chi connectivity index (χ1n) is 9.20. The van der Waals surface area contributed by atoms with Crippen molar-refractivity contribution in [3.63, 3.8) is 0 Å². The van der Waals surface area contributed by atoms with Gasteiger partial charge in [-0.3, -0.25) is 0 Å². The largest absolute Gasteiger partial charge is 0.490 e. The number of nitriles is 1. The standard InChI is InChI=1S/C22H23N3O2S/c1-4-26-21-13-19(9-10-20(21)27-16(2)3)25(15-22-24-11-12-28-22)18-7-5-17(14-23)6-8-18/h5-13,16H,4,15H2,1-3H3. The molecular formula is C22H23N3O2S. The van der Waals surface area contributed by atoms with Crippen LogP contribution in [0.3, 0.4) is 0 Å². The van der Waals surface area contributed by atoms with E-state index in [1.54, 1.807) is 11.3 Å². The highest BCUT2D eigenvalue weighted by Crippen LogP contribution is 2.36. The van der Waals surface area contributed by atoms with E-state index in [2.05, 4.69) is 16.0 Å². The molecule has 0 N–H and O–H groups in total. The summed E-state index contributed by atoms with van der Waals surface area (Å²) in [5.74, 6) is 1.45. The van der Waals surface area contributed by atoms with Gasteiger partial charge >= 0.3 is 0 Å². The van der Waals surface area contributed by atoms with Crippen molar-refractivity contribution in [2.75, 3.05) is 11.5 Å². The molecule has 0 atom stereocenters. The van der Waals surface area contributed by atoms with Gasteiger partial charge in [0.1, 0.15) is 5.01 Å². The third-order valence-electron chi connectivity index (χ3n) is 3.99. The minimum absolute atomic E-state index is 0.0648. The van der Waals surface area contributed by atoms with Crippen molar-refractivity contribution in [2.24, 2.45) is 0 Å². The molecule has 2 aromatic carbocycles. The van der Waals surface area contributed by atoms with Crippen LogP contribution in [0.15, 0.2) is 54.0 Å². The summed E-state index contributed by atoms with van der Waals surface area (Å²) in [7, 11) is 0. The predicted molar refractivity (Wildman–Crippen MR) is 112 cm³/mol. The molecule has 0 aliphatic rings. The van der Waals surface area contributed by atoms with Crippen LogP contribution in [0.2, 0.25) is 0 Å². The van der Waals surface area contributed by atoms with Gasteiger partial charge in [0.05, 0.1) is 30.9 Å².